The van der Waals surface area contributed by atoms with Crippen LogP contribution < -0.4 is 0 Å². The Hall–Kier alpha value is -1.08. The molecule has 0 N–H and O–H groups in total. The van der Waals surface area contributed by atoms with Gasteiger partial charge >= 0.3 is 0 Å². The van der Waals surface area contributed by atoms with E-state index < -0.39 is 0 Å². The number of allylic oxidation sites excluding steroid dienone is 1. The molecule has 0 spiro atoms. The molecular formula is C13H13ClO. The summed E-state index contributed by atoms with van der Waals surface area (Å²) in [5.74, 6) is 0.932. The van der Waals surface area contributed by atoms with E-state index >= 15 is 0 Å². The third kappa shape index (κ3) is 2.29. The lowest BCUT2D eigenvalue weighted by molar-refractivity contribution is 0.0994. The summed E-state index contributed by atoms with van der Waals surface area (Å²) in [5.41, 5.74) is 3.26. The normalized spacial score (nSPS) is 14.9. The van der Waals surface area contributed by atoms with Crippen LogP contribution in [0.3, 0.4) is 0 Å². The van der Waals surface area contributed by atoms with Crippen LogP contribution in [0.4, 0.5) is 0 Å². The molecule has 0 aromatic heterocycles. The largest absolute Gasteiger partial charge is 0.294 e. The van der Waals surface area contributed by atoms with Crippen molar-refractivity contribution in [1.29, 1.82) is 0 Å². The van der Waals surface area contributed by atoms with Crippen molar-refractivity contribution in [2.75, 3.05) is 5.88 Å². The maximum atomic E-state index is 11.4. The molecule has 0 atom stereocenters. The molecule has 0 bridgehead atoms. The molecule has 78 valence electrons. The summed E-state index contributed by atoms with van der Waals surface area (Å²) in [6.07, 6.45) is 6.57. The summed E-state index contributed by atoms with van der Waals surface area (Å²) >= 11 is 5.58. The van der Waals surface area contributed by atoms with E-state index in [1.807, 2.05) is 12.1 Å². The van der Waals surface area contributed by atoms with Crippen LogP contribution in [0.5, 0.6) is 0 Å². The minimum absolute atomic E-state index is 0.279. The average Bonchev–Trinajstić information content (AvgIpc) is 2.61. The average molecular weight is 221 g/mol. The summed E-state index contributed by atoms with van der Waals surface area (Å²) < 4.78 is 0. The molecule has 0 fully saturated rings. The number of carbonyl (C=O) groups is 1. The highest BCUT2D eigenvalue weighted by Gasteiger charge is 2.18. The topological polar surface area (TPSA) is 17.1 Å². The Labute approximate surface area is 94.8 Å². The molecule has 0 radical (unpaired) electrons. The third-order valence-corrected chi connectivity index (χ3v) is 2.86. The fourth-order valence-electron chi connectivity index (χ4n) is 1.86. The first-order chi connectivity index (χ1) is 7.31. The van der Waals surface area contributed by atoms with Crippen LogP contribution >= 0.6 is 11.6 Å². The molecule has 1 aliphatic carbocycles. The Kier molecular flexibility index (Phi) is 3.22. The smallest absolute Gasteiger partial charge is 0.163 e. The van der Waals surface area contributed by atoms with Crippen molar-refractivity contribution < 1.29 is 4.79 Å². The van der Waals surface area contributed by atoms with Gasteiger partial charge < -0.3 is 0 Å². The molecule has 1 aromatic rings. The zero-order valence-corrected chi connectivity index (χ0v) is 9.26. The van der Waals surface area contributed by atoms with Crippen LogP contribution in [-0.2, 0) is 6.42 Å². The van der Waals surface area contributed by atoms with Crippen LogP contribution in [0.25, 0.3) is 6.08 Å². The van der Waals surface area contributed by atoms with E-state index in [1.54, 1.807) is 0 Å². The van der Waals surface area contributed by atoms with Gasteiger partial charge in [-0.05, 0) is 24.0 Å². The van der Waals surface area contributed by atoms with E-state index in [0.29, 0.717) is 12.3 Å². The molecule has 0 aliphatic heterocycles. The predicted molar refractivity (Wildman–Crippen MR) is 63.5 cm³/mol. The van der Waals surface area contributed by atoms with Crippen LogP contribution in [-0.4, -0.2) is 11.7 Å². The molecule has 1 aromatic carbocycles. The van der Waals surface area contributed by atoms with Gasteiger partial charge in [0.05, 0.1) is 0 Å². The fourth-order valence-corrected chi connectivity index (χ4v) is 1.99. The highest BCUT2D eigenvalue weighted by atomic mass is 35.5. The summed E-state index contributed by atoms with van der Waals surface area (Å²) in [5, 5.41) is 0. The van der Waals surface area contributed by atoms with Crippen LogP contribution in [0.15, 0.2) is 24.3 Å². The SMILES string of the molecule is O=C1CCc2cc(C=CCCCl)ccc21. The summed E-state index contributed by atoms with van der Waals surface area (Å²) in [6.45, 7) is 0. The second-order valence-corrected chi connectivity index (χ2v) is 4.10. The van der Waals surface area contributed by atoms with Crippen molar-refractivity contribution in [1.82, 2.24) is 0 Å². The summed E-state index contributed by atoms with van der Waals surface area (Å²) in [4.78, 5) is 11.4. The molecule has 0 saturated carbocycles. The van der Waals surface area contributed by atoms with E-state index in [9.17, 15) is 4.79 Å². The number of rotatable bonds is 3. The number of halogens is 1. The first kappa shape index (κ1) is 10.4. The lowest BCUT2D eigenvalue weighted by Crippen LogP contribution is -1.90. The Morgan fingerprint density at radius 1 is 1.33 bits per heavy atom. The van der Waals surface area contributed by atoms with Gasteiger partial charge in [0.1, 0.15) is 0 Å². The number of hydrogen-bond donors (Lipinski definition) is 0. The van der Waals surface area contributed by atoms with E-state index in [1.165, 1.54) is 5.56 Å². The molecule has 0 amide bonds. The summed E-state index contributed by atoms with van der Waals surface area (Å²) in [6, 6.07) is 6.03. The molecule has 1 aliphatic rings. The van der Waals surface area contributed by atoms with Crippen molar-refractivity contribution in [3.05, 3.63) is 41.0 Å². The standard InChI is InChI=1S/C13H13ClO/c14-8-2-1-3-10-4-6-12-11(9-10)5-7-13(12)15/h1,3-4,6,9H,2,5,7-8H2. The molecule has 0 saturated heterocycles. The maximum Gasteiger partial charge on any atom is 0.163 e. The van der Waals surface area contributed by atoms with Crippen molar-refractivity contribution in [2.24, 2.45) is 0 Å². The second kappa shape index (κ2) is 4.63. The number of ketones is 1. The second-order valence-electron chi connectivity index (χ2n) is 3.72. The van der Waals surface area contributed by atoms with Crippen molar-refractivity contribution in [3.63, 3.8) is 0 Å². The van der Waals surface area contributed by atoms with E-state index in [0.717, 1.165) is 24.0 Å². The minimum Gasteiger partial charge on any atom is -0.294 e. The number of fused-ring (bicyclic) bond motifs is 1. The number of hydrogen-bond acceptors (Lipinski definition) is 1. The third-order valence-electron chi connectivity index (χ3n) is 2.64. The van der Waals surface area contributed by atoms with Gasteiger partial charge in [0, 0.05) is 17.9 Å². The Morgan fingerprint density at radius 2 is 2.20 bits per heavy atom. The molecule has 2 heteroatoms. The highest BCUT2D eigenvalue weighted by molar-refractivity contribution is 6.17. The lowest BCUT2D eigenvalue weighted by atomic mass is 10.1. The molecule has 0 unspecified atom stereocenters. The molecule has 0 heterocycles. The van der Waals surface area contributed by atoms with E-state index in [2.05, 4.69) is 18.2 Å². The Morgan fingerprint density at radius 3 is 3.00 bits per heavy atom. The van der Waals surface area contributed by atoms with Gasteiger partial charge in [-0.3, -0.25) is 4.79 Å². The van der Waals surface area contributed by atoms with Gasteiger partial charge in [-0.15, -0.1) is 11.6 Å². The number of aryl methyl sites for hydroxylation is 1. The highest BCUT2D eigenvalue weighted by Crippen LogP contribution is 2.23. The number of carbonyl (C=O) groups excluding carboxylic acids is 1. The van der Waals surface area contributed by atoms with Crippen molar-refractivity contribution in [2.45, 2.75) is 19.3 Å². The van der Waals surface area contributed by atoms with Crippen LogP contribution in [0.1, 0.15) is 34.3 Å². The van der Waals surface area contributed by atoms with E-state index in [-0.39, 0.29) is 5.78 Å². The predicted octanol–water partition coefficient (Wildman–Crippen LogP) is 3.46. The first-order valence-electron chi connectivity index (χ1n) is 5.20. The van der Waals surface area contributed by atoms with Crippen molar-refractivity contribution >= 4 is 23.5 Å². The fraction of sp³-hybridized carbons (Fsp3) is 0.308. The molecule has 2 rings (SSSR count). The van der Waals surface area contributed by atoms with Crippen LogP contribution in [0.2, 0.25) is 0 Å². The maximum absolute atomic E-state index is 11.4. The first-order valence-corrected chi connectivity index (χ1v) is 5.73. The molecule has 15 heavy (non-hydrogen) atoms. The van der Waals surface area contributed by atoms with Crippen LogP contribution in [0, 0.1) is 0 Å². The van der Waals surface area contributed by atoms with Gasteiger partial charge in [0.15, 0.2) is 5.78 Å². The Bertz CT molecular complexity index is 407. The molecular weight excluding hydrogens is 208 g/mol. The van der Waals surface area contributed by atoms with Gasteiger partial charge in [-0.1, -0.05) is 30.4 Å². The van der Waals surface area contributed by atoms with Gasteiger partial charge in [0.25, 0.3) is 0 Å². The van der Waals surface area contributed by atoms with Gasteiger partial charge in [-0.25, -0.2) is 0 Å². The minimum atomic E-state index is 0.279. The number of alkyl halides is 1. The van der Waals surface area contributed by atoms with Gasteiger partial charge in [-0.2, -0.15) is 0 Å². The lowest BCUT2D eigenvalue weighted by Gasteiger charge is -1.99. The number of Topliss-reactive ketones (excluding diaryl/α,β-unsaturated/α-hetero) is 1. The summed E-state index contributed by atoms with van der Waals surface area (Å²) in [7, 11) is 0. The zero-order chi connectivity index (χ0) is 10.7. The van der Waals surface area contributed by atoms with E-state index in [4.69, 9.17) is 11.6 Å². The number of benzene rings is 1. The van der Waals surface area contributed by atoms with Gasteiger partial charge in [0.2, 0.25) is 0 Å². The Balaban J connectivity index is 2.19. The quantitative estimate of drug-likeness (QED) is 0.713. The zero-order valence-electron chi connectivity index (χ0n) is 8.50. The molecule has 1 nitrogen and oxygen atoms in total. The van der Waals surface area contributed by atoms with Crippen molar-refractivity contribution in [3.8, 4) is 0 Å². The monoisotopic (exact) mass is 220 g/mol.